The number of benzene rings is 3. The molecule has 0 aliphatic heterocycles. The van der Waals surface area contributed by atoms with E-state index in [2.05, 4.69) is 5.32 Å². The third kappa shape index (κ3) is 7.28. The van der Waals surface area contributed by atoms with Crippen molar-refractivity contribution in [2.75, 3.05) is 13.7 Å². The van der Waals surface area contributed by atoms with Gasteiger partial charge in [-0.05, 0) is 59.9 Å². The van der Waals surface area contributed by atoms with Gasteiger partial charge in [0.2, 0.25) is 0 Å². The van der Waals surface area contributed by atoms with Gasteiger partial charge in [-0.1, -0.05) is 65.7 Å². The highest BCUT2D eigenvalue weighted by atomic mass is 35.5. The Morgan fingerprint density at radius 3 is 2.50 bits per heavy atom. The number of hydrogen-bond donors (Lipinski definition) is 1. The Bertz CT molecular complexity index is 1200. The van der Waals surface area contributed by atoms with Crippen LogP contribution in [-0.2, 0) is 17.8 Å². The van der Waals surface area contributed by atoms with Crippen molar-refractivity contribution in [3.05, 3.63) is 99.0 Å². The molecule has 0 unspecified atom stereocenters. The number of methoxy groups -OCH3 is 1. The average molecular weight is 495 g/mol. The molecule has 3 aromatic carbocycles. The molecule has 34 heavy (non-hydrogen) atoms. The second-order valence-electron chi connectivity index (χ2n) is 7.46. The Kier molecular flexibility index (Phi) is 9.40. The maximum absolute atomic E-state index is 12.4. The Morgan fingerprint density at radius 1 is 1.00 bits per heavy atom. The quantitative estimate of drug-likeness (QED) is 0.205. The molecule has 0 atom stereocenters. The number of rotatable bonds is 10. The number of nitrogens with zero attached hydrogens (tertiary/aromatic N) is 1. The van der Waals surface area contributed by atoms with E-state index in [1.165, 1.54) is 18.7 Å². The molecule has 0 aliphatic carbocycles. The van der Waals surface area contributed by atoms with Crippen LogP contribution in [0.3, 0.4) is 0 Å². The molecule has 7 heteroatoms. The van der Waals surface area contributed by atoms with Crippen LogP contribution in [0, 0.1) is 11.3 Å². The molecule has 0 saturated heterocycles. The number of nitriles is 1. The summed E-state index contributed by atoms with van der Waals surface area (Å²) in [6.07, 6.45) is 3.17. The number of amides is 1. The highest BCUT2D eigenvalue weighted by molar-refractivity contribution is 6.42. The molecule has 5 nitrogen and oxygen atoms in total. The van der Waals surface area contributed by atoms with Crippen molar-refractivity contribution in [1.82, 2.24) is 5.32 Å². The van der Waals surface area contributed by atoms with Crippen molar-refractivity contribution in [2.45, 2.75) is 19.4 Å². The number of hydrogen-bond acceptors (Lipinski definition) is 4. The zero-order valence-electron chi connectivity index (χ0n) is 18.7. The van der Waals surface area contributed by atoms with Crippen molar-refractivity contribution >= 4 is 35.2 Å². The van der Waals surface area contributed by atoms with Crippen molar-refractivity contribution in [3.8, 4) is 17.6 Å². The highest BCUT2D eigenvalue weighted by Crippen LogP contribution is 2.30. The van der Waals surface area contributed by atoms with Gasteiger partial charge >= 0.3 is 0 Å². The summed E-state index contributed by atoms with van der Waals surface area (Å²) in [6, 6.07) is 22.5. The van der Waals surface area contributed by atoms with Crippen LogP contribution in [0.25, 0.3) is 6.08 Å². The molecule has 3 rings (SSSR count). The second-order valence-corrected chi connectivity index (χ2v) is 8.28. The summed E-state index contributed by atoms with van der Waals surface area (Å²) >= 11 is 12.0. The van der Waals surface area contributed by atoms with Gasteiger partial charge in [-0.3, -0.25) is 4.79 Å². The lowest BCUT2D eigenvalue weighted by atomic mass is 10.1. The van der Waals surface area contributed by atoms with Gasteiger partial charge < -0.3 is 14.8 Å². The first-order valence-corrected chi connectivity index (χ1v) is 11.4. The second kappa shape index (κ2) is 12.7. The molecule has 1 N–H and O–H groups in total. The molecule has 0 radical (unpaired) electrons. The number of carbonyl (C=O) groups is 1. The number of nitrogens with one attached hydrogen (secondary N) is 1. The smallest absolute Gasteiger partial charge is 0.261 e. The van der Waals surface area contributed by atoms with Crippen LogP contribution in [0.2, 0.25) is 10.0 Å². The van der Waals surface area contributed by atoms with Crippen molar-refractivity contribution < 1.29 is 14.3 Å². The van der Waals surface area contributed by atoms with E-state index >= 15 is 0 Å². The Balaban J connectivity index is 1.60. The maximum Gasteiger partial charge on any atom is 0.261 e. The monoisotopic (exact) mass is 494 g/mol. The number of ether oxygens (including phenoxy) is 2. The molecular formula is C27H24Cl2N2O3. The van der Waals surface area contributed by atoms with E-state index in [1.54, 1.807) is 30.3 Å². The number of carbonyl (C=O) groups excluding carboxylic acids is 1. The largest absolute Gasteiger partial charge is 0.493 e. The molecule has 0 heterocycles. The van der Waals surface area contributed by atoms with E-state index in [0.717, 1.165) is 18.4 Å². The van der Waals surface area contributed by atoms with E-state index in [4.69, 9.17) is 32.7 Å². The minimum absolute atomic E-state index is 0.0197. The number of aryl methyl sites for hydroxylation is 1. The summed E-state index contributed by atoms with van der Waals surface area (Å²) in [7, 11) is 1.53. The third-order valence-corrected chi connectivity index (χ3v) is 5.75. The van der Waals surface area contributed by atoms with Gasteiger partial charge in [0, 0.05) is 6.54 Å². The van der Waals surface area contributed by atoms with Crippen molar-refractivity contribution in [2.24, 2.45) is 0 Å². The van der Waals surface area contributed by atoms with Crippen LogP contribution in [0.1, 0.15) is 23.1 Å². The van der Waals surface area contributed by atoms with Crippen molar-refractivity contribution in [3.63, 3.8) is 0 Å². The molecule has 0 fully saturated rings. The van der Waals surface area contributed by atoms with Gasteiger partial charge in [0.05, 0.1) is 17.2 Å². The fourth-order valence-electron chi connectivity index (χ4n) is 3.23. The van der Waals surface area contributed by atoms with Crippen LogP contribution < -0.4 is 14.8 Å². The molecule has 0 bridgehead atoms. The lowest BCUT2D eigenvalue weighted by Gasteiger charge is -2.12. The van der Waals surface area contributed by atoms with Crippen LogP contribution in [-0.4, -0.2) is 19.6 Å². The molecule has 174 valence electrons. The minimum Gasteiger partial charge on any atom is -0.493 e. The predicted octanol–water partition coefficient (Wildman–Crippen LogP) is 6.24. The summed E-state index contributed by atoms with van der Waals surface area (Å²) in [5.41, 5.74) is 2.73. The molecule has 0 saturated carbocycles. The first-order chi connectivity index (χ1) is 16.5. The van der Waals surface area contributed by atoms with Gasteiger partial charge in [-0.2, -0.15) is 5.26 Å². The summed E-state index contributed by atoms with van der Waals surface area (Å²) in [6.45, 7) is 0.759. The highest BCUT2D eigenvalue weighted by Gasteiger charge is 2.11. The van der Waals surface area contributed by atoms with Gasteiger partial charge in [-0.15, -0.1) is 0 Å². The van der Waals surface area contributed by atoms with Crippen LogP contribution in [0.4, 0.5) is 0 Å². The zero-order valence-corrected chi connectivity index (χ0v) is 20.2. The van der Waals surface area contributed by atoms with Crippen LogP contribution in [0.5, 0.6) is 11.5 Å². The lowest BCUT2D eigenvalue weighted by Crippen LogP contribution is -2.25. The van der Waals surface area contributed by atoms with Crippen LogP contribution in [0.15, 0.2) is 72.3 Å². The Morgan fingerprint density at radius 2 is 1.79 bits per heavy atom. The van der Waals surface area contributed by atoms with Gasteiger partial charge in [-0.25, -0.2) is 0 Å². The third-order valence-electron chi connectivity index (χ3n) is 5.01. The summed E-state index contributed by atoms with van der Waals surface area (Å²) in [4.78, 5) is 12.4. The normalized spacial score (nSPS) is 10.9. The molecular weight excluding hydrogens is 471 g/mol. The van der Waals surface area contributed by atoms with Gasteiger partial charge in [0.1, 0.15) is 18.2 Å². The molecule has 0 aromatic heterocycles. The molecule has 0 aliphatic rings. The topological polar surface area (TPSA) is 71.3 Å². The van der Waals surface area contributed by atoms with Crippen molar-refractivity contribution in [1.29, 1.82) is 5.26 Å². The fourth-order valence-corrected chi connectivity index (χ4v) is 3.55. The van der Waals surface area contributed by atoms with E-state index in [-0.39, 0.29) is 12.2 Å². The summed E-state index contributed by atoms with van der Waals surface area (Å²) in [5.74, 6) is 0.596. The number of halogens is 2. The lowest BCUT2D eigenvalue weighted by molar-refractivity contribution is -0.117. The molecule has 0 spiro atoms. The molecule has 1 amide bonds. The summed E-state index contributed by atoms with van der Waals surface area (Å²) < 4.78 is 11.3. The maximum atomic E-state index is 12.4. The van der Waals surface area contributed by atoms with E-state index in [0.29, 0.717) is 33.7 Å². The average Bonchev–Trinajstić information content (AvgIpc) is 2.86. The summed E-state index contributed by atoms with van der Waals surface area (Å²) in [5, 5.41) is 13.2. The van der Waals surface area contributed by atoms with E-state index in [1.807, 2.05) is 42.5 Å². The zero-order chi connectivity index (χ0) is 24.3. The standard InChI is InChI=1S/C27H24Cl2N2O3/c1-33-26-16-20(10-12-25(26)34-18-21-9-11-23(28)24(29)15-21)14-22(17-30)27(32)31-13-5-8-19-6-3-2-4-7-19/h2-4,6-7,9-12,14-16H,5,8,13,18H2,1H3,(H,31,32)/b22-14-. The first kappa shape index (κ1) is 25.2. The Labute approximate surface area is 209 Å². The minimum atomic E-state index is -0.408. The Hall–Kier alpha value is -3.46. The SMILES string of the molecule is COc1cc(/C=C(/C#N)C(=O)NCCCc2ccccc2)ccc1OCc1ccc(Cl)c(Cl)c1. The van der Waals surface area contributed by atoms with E-state index in [9.17, 15) is 10.1 Å². The first-order valence-electron chi connectivity index (χ1n) is 10.7. The van der Waals surface area contributed by atoms with Crippen LogP contribution >= 0.6 is 23.2 Å². The van der Waals surface area contributed by atoms with E-state index < -0.39 is 5.91 Å². The fraction of sp³-hybridized carbons (Fsp3) is 0.185. The predicted molar refractivity (Wildman–Crippen MR) is 135 cm³/mol. The molecule has 3 aromatic rings. The van der Waals surface area contributed by atoms with Gasteiger partial charge in [0.15, 0.2) is 11.5 Å². The van der Waals surface area contributed by atoms with Gasteiger partial charge in [0.25, 0.3) is 5.91 Å².